The van der Waals surface area contributed by atoms with Crippen molar-refractivity contribution in [2.24, 2.45) is 34.1 Å². The van der Waals surface area contributed by atoms with E-state index in [9.17, 15) is 0 Å². The van der Waals surface area contributed by atoms with Gasteiger partial charge < -0.3 is 17.7 Å². The van der Waals surface area contributed by atoms with E-state index in [-0.39, 0.29) is 22.5 Å². The summed E-state index contributed by atoms with van der Waals surface area (Å²) in [5.74, 6) is -5.60. The highest BCUT2D eigenvalue weighted by molar-refractivity contribution is 6.12. The molecule has 2 atom stereocenters. The second-order valence-corrected chi connectivity index (χ2v) is 26.9. The van der Waals surface area contributed by atoms with E-state index < -0.39 is 64.2 Å². The van der Waals surface area contributed by atoms with Crippen LogP contribution in [0.25, 0.3) is 133 Å². The number of furan rings is 4. The summed E-state index contributed by atoms with van der Waals surface area (Å²) in [6.07, 6.45) is 3.99. The molecule has 0 spiro atoms. The predicted octanol–water partition coefficient (Wildman–Crippen LogP) is 21.7. The maximum atomic E-state index is 8.70. The van der Waals surface area contributed by atoms with E-state index >= 15 is 0 Å². The summed E-state index contributed by atoms with van der Waals surface area (Å²) in [4.78, 5) is 17.8. The summed E-state index contributed by atoms with van der Waals surface area (Å²) < 4.78 is 202. The highest BCUT2D eigenvalue weighted by Crippen LogP contribution is 2.42. The van der Waals surface area contributed by atoms with E-state index in [0.717, 1.165) is 113 Å². The van der Waals surface area contributed by atoms with Crippen molar-refractivity contribution in [3.8, 4) is 45.0 Å². The van der Waals surface area contributed by atoms with Crippen molar-refractivity contribution in [3.63, 3.8) is 0 Å². The fraction of sp³-hybridized carbons (Fsp3) is 0.304. The molecule has 16 rings (SSSR count). The van der Waals surface area contributed by atoms with Crippen LogP contribution in [0, 0.1) is 61.1 Å². The highest BCUT2D eigenvalue weighted by Gasteiger charge is 2.28. The largest absolute Gasteiger partial charge is 0.437 e. The molecule has 0 aliphatic carbocycles. The molecular formula is C92H100N8O4+4. The molecule has 0 bridgehead atoms. The highest BCUT2D eigenvalue weighted by atomic mass is 16.4. The zero-order valence-electron chi connectivity index (χ0n) is 82.7. The Morgan fingerprint density at radius 1 is 0.423 bits per heavy atom. The van der Waals surface area contributed by atoms with Crippen LogP contribution in [0.1, 0.15) is 181 Å². The van der Waals surface area contributed by atoms with Crippen molar-refractivity contribution >= 4 is 88.3 Å². The van der Waals surface area contributed by atoms with E-state index in [1.54, 1.807) is 52.3 Å². The van der Waals surface area contributed by atoms with Crippen LogP contribution in [-0.4, -0.2) is 19.9 Å². The zero-order chi connectivity index (χ0) is 91.8. The molecule has 0 aliphatic rings. The van der Waals surface area contributed by atoms with Crippen LogP contribution in [0.15, 0.2) is 182 Å². The summed E-state index contributed by atoms with van der Waals surface area (Å²) in [6, 6.07) is 41.5. The second-order valence-electron chi connectivity index (χ2n) is 26.9. The van der Waals surface area contributed by atoms with E-state index in [0.29, 0.717) is 96.7 Å². The van der Waals surface area contributed by atoms with Gasteiger partial charge in [-0.15, -0.1) is 0 Å². The molecule has 0 saturated carbocycles. The summed E-state index contributed by atoms with van der Waals surface area (Å²) in [7, 11) is 7.40. The first-order valence-corrected chi connectivity index (χ1v) is 34.8. The Balaban J connectivity index is 0.000000146. The Kier molecular flexibility index (Phi) is 14.2. The standard InChI is InChI=1S/C26H31N2O.C23H25N2O.C22H23N2O.C21H21N2O/c1-15(2)12-19-9-11-21-20-10-8-17(5)24(25(20)29-26(21)27-19)23-13-22(16(3)4)18(6)14-28(23)7;1-13(2)19-10-9-18-17-8-7-14(3)21(22(17)26-23(18)24-19)20-11-15(4)16(5)12-25(20)6;1-5-6-16-11-12-24(4)19(13-16)20-14(2)7-9-17-18-10-8-15(3)23-22(18)25-21(17)20;1-4-6-15-10-12-23(3)18(13-15)19-14(2)8-9-16-17-7-5-11-22-21(17)24-20(16)19/h8-11,13-16H,12H2,1-7H3;7-13H,1-6H3;7-13H,5-6H2,1-4H3;5,7-13H,4,6H2,1-3H3/q4*+1/i1D3,3D3,6D3,12D2,15D,16D;5D3,13D;2*6D2. The SMILES string of the molecule is [2H]C([2H])(CC)c1cc[n+](C)c(-c2c(C)ccc3c2oc2nc(C)ccc23)c1.[2H]C([2H])(CC)c1cc[n+](C)c(-c2c(C)ccc3c2oc2ncccc23)c1.[2H]C([2H])([2H])c1c[n+](C)c(-c2c(C)ccc3c2oc2nc(C([2H])(C)C)ccc23)cc1C.[2H]C([2H])([2H])c1c[n+](C)c(-c2c(C)ccc3c2oc2nc(C([2H])([2H])C([2H])(C)C([2H])([2H])[2H])ccc23)cc1C([2H])(C)C([2H])([2H])[2H]. The number of rotatable bonds is 12. The summed E-state index contributed by atoms with van der Waals surface area (Å²) in [5.41, 5.74) is 18.0. The lowest BCUT2D eigenvalue weighted by molar-refractivity contribution is -0.660. The minimum atomic E-state index is -2.94. The minimum absolute atomic E-state index is 0.00521. The lowest BCUT2D eigenvalue weighted by Gasteiger charge is -2.12. The Labute approximate surface area is 641 Å². The smallest absolute Gasteiger partial charge is 0.227 e. The number of fused-ring (bicyclic) bond motifs is 12. The van der Waals surface area contributed by atoms with Gasteiger partial charge in [-0.25, -0.2) is 38.2 Å². The number of pyridine rings is 8. The average molecular weight is 1400 g/mol. The zero-order valence-corrected chi connectivity index (χ0v) is 61.7. The minimum Gasteiger partial charge on any atom is -0.437 e. The third-order valence-corrected chi connectivity index (χ3v) is 19.0. The molecule has 2 unspecified atom stereocenters. The molecule has 4 aromatic carbocycles. The molecule has 0 saturated heterocycles. The van der Waals surface area contributed by atoms with Crippen molar-refractivity contribution in [3.05, 3.63) is 237 Å². The van der Waals surface area contributed by atoms with Crippen molar-refractivity contribution in [2.75, 3.05) is 0 Å². The lowest BCUT2D eigenvalue weighted by Crippen LogP contribution is -2.32. The Hall–Kier alpha value is -10.7. The summed E-state index contributed by atoms with van der Waals surface area (Å²) in [6.45, 7) is 10.5. The molecule has 0 N–H and O–H groups in total. The molecule has 12 nitrogen and oxygen atoms in total. The molecule has 12 heteroatoms. The van der Waals surface area contributed by atoms with E-state index in [2.05, 4.69) is 64.1 Å². The van der Waals surface area contributed by atoms with Crippen LogP contribution in [-0.2, 0) is 47.3 Å². The van der Waals surface area contributed by atoms with E-state index in [1.165, 1.54) is 29.0 Å². The lowest BCUT2D eigenvalue weighted by atomic mass is 9.94. The van der Waals surface area contributed by atoms with Gasteiger partial charge >= 0.3 is 0 Å². The van der Waals surface area contributed by atoms with Crippen LogP contribution in [0.5, 0.6) is 0 Å². The molecule has 0 amide bonds. The van der Waals surface area contributed by atoms with Gasteiger partial charge in [0.25, 0.3) is 0 Å². The molecule has 104 heavy (non-hydrogen) atoms. The van der Waals surface area contributed by atoms with Crippen LogP contribution in [0.4, 0.5) is 0 Å². The molecule has 0 radical (unpaired) electrons. The molecular weight excluding hydrogens is 1280 g/mol. The quantitative estimate of drug-likeness (QED) is 0.111. The number of aryl methyl sites for hydroxylation is 14. The van der Waals surface area contributed by atoms with Gasteiger partial charge in [-0.05, 0) is 185 Å². The van der Waals surface area contributed by atoms with E-state index in [1.807, 2.05) is 155 Å². The maximum absolute atomic E-state index is 8.70. The predicted molar refractivity (Wildman–Crippen MR) is 425 cm³/mol. The maximum Gasteiger partial charge on any atom is 0.227 e. The number of aromatic nitrogens is 8. The third kappa shape index (κ3) is 13.9. The molecule has 12 aromatic heterocycles. The van der Waals surface area contributed by atoms with Crippen LogP contribution in [0.3, 0.4) is 0 Å². The van der Waals surface area contributed by atoms with Crippen molar-refractivity contribution in [2.45, 2.75) is 154 Å². The molecule has 12 heterocycles. The van der Waals surface area contributed by atoms with Crippen molar-refractivity contribution in [1.82, 2.24) is 19.9 Å². The first-order valence-electron chi connectivity index (χ1n) is 45.3. The van der Waals surface area contributed by atoms with Gasteiger partial charge in [0, 0.05) is 143 Å². The summed E-state index contributed by atoms with van der Waals surface area (Å²) >= 11 is 0. The third-order valence-electron chi connectivity index (χ3n) is 19.0. The average Bonchev–Trinajstić information content (AvgIpc) is 1.68. The van der Waals surface area contributed by atoms with E-state index in [4.69, 9.17) is 46.5 Å². The topological polar surface area (TPSA) is 120 Å². The number of hydrogen-bond donors (Lipinski definition) is 0. The molecule has 0 fully saturated rings. The van der Waals surface area contributed by atoms with Crippen molar-refractivity contribution < 1.29 is 64.7 Å². The number of nitrogens with zero attached hydrogens (tertiary/aromatic N) is 8. The van der Waals surface area contributed by atoms with Gasteiger partial charge in [-0.1, -0.05) is 117 Å². The van der Waals surface area contributed by atoms with Gasteiger partial charge in [0.1, 0.15) is 28.2 Å². The van der Waals surface area contributed by atoms with Gasteiger partial charge in [-0.3, -0.25) is 0 Å². The fourth-order valence-electron chi connectivity index (χ4n) is 13.6. The number of benzene rings is 4. The van der Waals surface area contributed by atoms with Gasteiger partial charge in [0.2, 0.25) is 45.6 Å². The van der Waals surface area contributed by atoms with Gasteiger partial charge in [-0.2, -0.15) is 0 Å². The van der Waals surface area contributed by atoms with Crippen molar-refractivity contribution in [1.29, 1.82) is 0 Å². The number of hydrogen-bond acceptors (Lipinski definition) is 8. The molecule has 0 aliphatic heterocycles. The van der Waals surface area contributed by atoms with Gasteiger partial charge in [0.15, 0.2) is 47.1 Å². The van der Waals surface area contributed by atoms with Crippen LogP contribution < -0.4 is 18.3 Å². The summed E-state index contributed by atoms with van der Waals surface area (Å²) in [5, 5.41) is 6.95. The van der Waals surface area contributed by atoms with Crippen LogP contribution >= 0.6 is 0 Å². The van der Waals surface area contributed by atoms with Gasteiger partial charge in [0.05, 0.1) is 22.3 Å². The monoisotopic (exact) mass is 1400 g/mol. The normalized spacial score (nSPS) is 16.8. The second kappa shape index (κ2) is 29.6. The van der Waals surface area contributed by atoms with Crippen LogP contribution in [0.2, 0.25) is 0 Å². The molecule has 16 aromatic rings. The Morgan fingerprint density at radius 3 is 1.36 bits per heavy atom. The first-order chi connectivity index (χ1) is 57.9. The fourth-order valence-corrected chi connectivity index (χ4v) is 13.6. The Bertz CT molecular complexity index is 6940. The molecule has 528 valence electrons. The Morgan fingerprint density at radius 2 is 0.865 bits per heavy atom. The first kappa shape index (κ1) is 49.8.